The van der Waals surface area contributed by atoms with E-state index in [-0.39, 0.29) is 0 Å². The van der Waals surface area contributed by atoms with Crippen LogP contribution in [0.15, 0.2) is 37.0 Å². The third-order valence-electron chi connectivity index (χ3n) is 3.18. The van der Waals surface area contributed by atoms with Gasteiger partial charge in [-0.05, 0) is 0 Å². The fraction of sp³-hybridized carbons (Fsp3) is 0.500. The standard InChI is InChI=1S/C12H15GeO3/c1-4-10(14-7-1)13(11-5-2-8-15-11)12-6-3-9-16-12/h1-3,7-12H,4-6H2. The van der Waals surface area contributed by atoms with Crippen LogP contribution in [0.3, 0.4) is 0 Å². The van der Waals surface area contributed by atoms with Crippen LogP contribution < -0.4 is 0 Å². The van der Waals surface area contributed by atoms with Gasteiger partial charge in [0.2, 0.25) is 0 Å². The van der Waals surface area contributed by atoms with Gasteiger partial charge >= 0.3 is 99.6 Å². The van der Waals surface area contributed by atoms with Crippen molar-refractivity contribution in [2.24, 2.45) is 0 Å². The maximum atomic E-state index is 5.72. The molecule has 3 aliphatic heterocycles. The molecule has 0 aromatic heterocycles. The van der Waals surface area contributed by atoms with Gasteiger partial charge in [0, 0.05) is 0 Å². The second-order valence-electron chi connectivity index (χ2n) is 4.20. The summed E-state index contributed by atoms with van der Waals surface area (Å²) < 4.78 is 17.2. The molecule has 0 N–H and O–H groups in total. The molecule has 3 heterocycles. The average molecular weight is 280 g/mol. The molecule has 1 radical (unpaired) electrons. The Morgan fingerprint density at radius 3 is 1.31 bits per heavy atom. The van der Waals surface area contributed by atoms with Crippen LogP contribution in [0.2, 0.25) is 0 Å². The molecule has 0 aromatic carbocycles. The van der Waals surface area contributed by atoms with Crippen LogP contribution in [0.1, 0.15) is 19.3 Å². The predicted molar refractivity (Wildman–Crippen MR) is 61.6 cm³/mol. The van der Waals surface area contributed by atoms with Gasteiger partial charge in [0.05, 0.1) is 0 Å². The van der Waals surface area contributed by atoms with E-state index in [2.05, 4.69) is 18.2 Å². The molecular weight excluding hydrogens is 265 g/mol. The Kier molecular flexibility index (Phi) is 2.95. The van der Waals surface area contributed by atoms with Crippen molar-refractivity contribution < 1.29 is 14.2 Å². The zero-order valence-electron chi connectivity index (χ0n) is 9.04. The van der Waals surface area contributed by atoms with E-state index in [1.165, 1.54) is 0 Å². The molecule has 4 heteroatoms. The molecule has 3 aliphatic rings. The summed E-state index contributed by atoms with van der Waals surface area (Å²) in [6, 6.07) is 0. The maximum absolute atomic E-state index is 5.72. The van der Waals surface area contributed by atoms with Crippen molar-refractivity contribution >= 4 is 14.3 Å². The van der Waals surface area contributed by atoms with Crippen LogP contribution in [-0.2, 0) is 14.2 Å². The van der Waals surface area contributed by atoms with Gasteiger partial charge in [-0.3, -0.25) is 0 Å². The number of rotatable bonds is 3. The Morgan fingerprint density at radius 1 is 0.688 bits per heavy atom. The summed E-state index contributed by atoms with van der Waals surface area (Å²) in [5, 5.41) is 0. The molecule has 0 amide bonds. The van der Waals surface area contributed by atoms with Crippen LogP contribution in [0, 0.1) is 0 Å². The molecule has 0 aromatic rings. The number of hydrogen-bond donors (Lipinski definition) is 0. The van der Waals surface area contributed by atoms with Crippen molar-refractivity contribution in [2.45, 2.75) is 34.1 Å². The third kappa shape index (κ3) is 1.88. The van der Waals surface area contributed by atoms with Crippen LogP contribution in [-0.4, -0.2) is 29.2 Å². The number of hydrogen-bond acceptors (Lipinski definition) is 3. The minimum atomic E-state index is -1.56. The fourth-order valence-electron chi connectivity index (χ4n) is 2.42. The summed E-state index contributed by atoms with van der Waals surface area (Å²) in [4.78, 5) is 1.11. The van der Waals surface area contributed by atoms with E-state index >= 15 is 0 Å². The summed E-state index contributed by atoms with van der Waals surface area (Å²) in [6.45, 7) is 0. The van der Waals surface area contributed by atoms with Gasteiger partial charge in [0.1, 0.15) is 0 Å². The Bertz CT molecular complexity index is 261. The zero-order valence-corrected chi connectivity index (χ0v) is 11.1. The van der Waals surface area contributed by atoms with Gasteiger partial charge in [0.25, 0.3) is 0 Å². The summed E-state index contributed by atoms with van der Waals surface area (Å²) in [7, 11) is 0. The number of ether oxygens (including phenoxy) is 3. The Morgan fingerprint density at radius 2 is 1.06 bits per heavy atom. The van der Waals surface area contributed by atoms with Gasteiger partial charge in [-0.15, -0.1) is 0 Å². The summed E-state index contributed by atoms with van der Waals surface area (Å²) in [6.07, 6.45) is 15.0. The first kappa shape index (κ1) is 10.3. The van der Waals surface area contributed by atoms with Crippen molar-refractivity contribution in [1.82, 2.24) is 0 Å². The molecule has 0 spiro atoms. The van der Waals surface area contributed by atoms with E-state index in [0.717, 1.165) is 19.3 Å². The van der Waals surface area contributed by atoms with Crippen LogP contribution in [0.4, 0.5) is 0 Å². The first-order valence-electron chi connectivity index (χ1n) is 5.73. The molecular formula is C12H15GeO3. The Labute approximate surface area is 99.9 Å². The Hall–Kier alpha value is -0.837. The minimum absolute atomic E-state index is 0.370. The average Bonchev–Trinajstić information content (AvgIpc) is 3.02. The molecule has 3 nitrogen and oxygen atoms in total. The molecule has 3 unspecified atom stereocenters. The molecule has 0 aliphatic carbocycles. The Balaban J connectivity index is 1.71. The van der Waals surface area contributed by atoms with Crippen molar-refractivity contribution in [1.29, 1.82) is 0 Å². The molecule has 0 bridgehead atoms. The van der Waals surface area contributed by atoms with Crippen molar-refractivity contribution in [2.75, 3.05) is 0 Å². The van der Waals surface area contributed by atoms with E-state index < -0.39 is 14.3 Å². The first-order chi connectivity index (χ1) is 7.95. The SMILES string of the molecule is C1=CO[CH]([Ge]([CH]2CC=CO2)[CH]2CC=CO2)C1. The summed E-state index contributed by atoms with van der Waals surface area (Å²) in [5.74, 6) is 0. The zero-order chi connectivity index (χ0) is 10.8. The van der Waals surface area contributed by atoms with E-state index in [0.29, 0.717) is 14.8 Å². The summed E-state index contributed by atoms with van der Waals surface area (Å²) in [5.41, 5.74) is 0. The van der Waals surface area contributed by atoms with Crippen LogP contribution in [0.5, 0.6) is 0 Å². The van der Waals surface area contributed by atoms with E-state index in [1.807, 2.05) is 18.8 Å². The molecule has 85 valence electrons. The van der Waals surface area contributed by atoms with Gasteiger partial charge in [-0.2, -0.15) is 0 Å². The van der Waals surface area contributed by atoms with Gasteiger partial charge in [-0.1, -0.05) is 0 Å². The van der Waals surface area contributed by atoms with E-state index in [1.54, 1.807) is 0 Å². The van der Waals surface area contributed by atoms with Gasteiger partial charge < -0.3 is 0 Å². The van der Waals surface area contributed by atoms with Crippen molar-refractivity contribution in [3.63, 3.8) is 0 Å². The molecule has 3 atom stereocenters. The molecule has 16 heavy (non-hydrogen) atoms. The normalized spacial score (nSPS) is 35.4. The topological polar surface area (TPSA) is 27.7 Å². The predicted octanol–water partition coefficient (Wildman–Crippen LogP) is 2.01. The molecule has 0 saturated heterocycles. The van der Waals surface area contributed by atoms with Crippen LogP contribution >= 0.6 is 0 Å². The second kappa shape index (κ2) is 4.57. The molecule has 3 rings (SSSR count). The quantitative estimate of drug-likeness (QED) is 0.740. The third-order valence-corrected chi connectivity index (χ3v) is 10.2. The van der Waals surface area contributed by atoms with E-state index in [4.69, 9.17) is 14.2 Å². The second-order valence-corrected chi connectivity index (χ2v) is 10.3. The van der Waals surface area contributed by atoms with Crippen molar-refractivity contribution in [3.8, 4) is 0 Å². The first-order valence-corrected chi connectivity index (χ1v) is 9.36. The fourth-order valence-corrected chi connectivity index (χ4v) is 9.08. The van der Waals surface area contributed by atoms with Gasteiger partial charge in [-0.25, -0.2) is 0 Å². The van der Waals surface area contributed by atoms with Crippen molar-refractivity contribution in [3.05, 3.63) is 37.0 Å². The van der Waals surface area contributed by atoms with Gasteiger partial charge in [0.15, 0.2) is 0 Å². The summed E-state index contributed by atoms with van der Waals surface area (Å²) >= 11 is -1.56. The van der Waals surface area contributed by atoms with E-state index in [9.17, 15) is 0 Å². The monoisotopic (exact) mass is 281 g/mol. The van der Waals surface area contributed by atoms with Crippen LogP contribution in [0.25, 0.3) is 0 Å². The molecule has 0 fully saturated rings. The molecule has 0 saturated carbocycles.